The molecule has 0 bridgehead atoms. The maximum Gasteiger partial charge on any atom is 0.166 e. The van der Waals surface area contributed by atoms with Crippen LogP contribution in [0.3, 0.4) is 0 Å². The highest BCUT2D eigenvalue weighted by Crippen LogP contribution is 2.33. The highest BCUT2D eigenvalue weighted by atomic mass is 16.5. The molecule has 1 fully saturated rings. The van der Waals surface area contributed by atoms with Crippen LogP contribution in [0.5, 0.6) is 0 Å². The number of hydrogen-bond acceptors (Lipinski definition) is 9. The lowest BCUT2D eigenvalue weighted by atomic mass is 10.1. The van der Waals surface area contributed by atoms with Gasteiger partial charge in [0, 0.05) is 55.6 Å². The van der Waals surface area contributed by atoms with E-state index in [-0.39, 0.29) is 12.6 Å². The summed E-state index contributed by atoms with van der Waals surface area (Å²) in [6.07, 6.45) is 6.93. The Balaban J connectivity index is 1.74. The van der Waals surface area contributed by atoms with Crippen molar-refractivity contribution in [3.05, 3.63) is 60.4 Å². The van der Waals surface area contributed by atoms with Crippen LogP contribution in [0.25, 0.3) is 39.6 Å². The van der Waals surface area contributed by atoms with Gasteiger partial charge in [-0.15, -0.1) is 0 Å². The van der Waals surface area contributed by atoms with E-state index < -0.39 is 0 Å². The third-order valence-corrected chi connectivity index (χ3v) is 6.40. The average molecular weight is 499 g/mol. The molecule has 190 valence electrons. The van der Waals surface area contributed by atoms with Crippen LogP contribution in [0.2, 0.25) is 0 Å². The van der Waals surface area contributed by atoms with Gasteiger partial charge in [-0.25, -0.2) is 15.0 Å². The van der Waals surface area contributed by atoms with E-state index in [9.17, 15) is 5.11 Å². The number of aryl methyl sites for hydroxylation is 1. The van der Waals surface area contributed by atoms with E-state index in [4.69, 9.17) is 25.4 Å². The highest BCUT2D eigenvalue weighted by molar-refractivity contribution is 5.89. The lowest BCUT2D eigenvalue weighted by Gasteiger charge is -2.35. The molecule has 10 nitrogen and oxygen atoms in total. The minimum atomic E-state index is -0.228. The van der Waals surface area contributed by atoms with Crippen molar-refractivity contribution in [3.8, 4) is 22.8 Å². The molecule has 4 heterocycles. The van der Waals surface area contributed by atoms with Crippen molar-refractivity contribution in [2.24, 2.45) is 10.7 Å². The van der Waals surface area contributed by atoms with Gasteiger partial charge in [0.2, 0.25) is 0 Å². The van der Waals surface area contributed by atoms with Gasteiger partial charge in [-0.2, -0.15) is 0 Å². The Kier molecular flexibility index (Phi) is 7.20. The van der Waals surface area contributed by atoms with Gasteiger partial charge in [0.05, 0.1) is 25.9 Å². The molecule has 1 atom stereocenters. The summed E-state index contributed by atoms with van der Waals surface area (Å²) < 4.78 is 7.72. The topological polar surface area (TPSA) is 128 Å². The van der Waals surface area contributed by atoms with Crippen molar-refractivity contribution in [1.29, 1.82) is 0 Å². The highest BCUT2D eigenvalue weighted by Gasteiger charge is 2.29. The van der Waals surface area contributed by atoms with Crippen LogP contribution in [-0.4, -0.2) is 75.3 Å². The Bertz CT molecular complexity index is 1450. The first-order chi connectivity index (χ1) is 18.1. The fourth-order valence-corrected chi connectivity index (χ4v) is 4.51. The van der Waals surface area contributed by atoms with Crippen molar-refractivity contribution in [2.45, 2.75) is 19.5 Å². The van der Waals surface area contributed by atoms with E-state index in [0.717, 1.165) is 28.2 Å². The first-order valence-electron chi connectivity index (χ1n) is 12.3. The Morgan fingerprint density at radius 3 is 2.78 bits per heavy atom. The molecule has 0 saturated carbocycles. The zero-order valence-electron chi connectivity index (χ0n) is 20.9. The van der Waals surface area contributed by atoms with Crippen LogP contribution < -0.4 is 10.6 Å². The monoisotopic (exact) mass is 498 g/mol. The van der Waals surface area contributed by atoms with E-state index in [1.54, 1.807) is 31.7 Å². The first-order valence-corrected chi connectivity index (χ1v) is 12.3. The predicted molar refractivity (Wildman–Crippen MR) is 145 cm³/mol. The summed E-state index contributed by atoms with van der Waals surface area (Å²) in [4.78, 5) is 25.2. The van der Waals surface area contributed by atoms with E-state index in [0.29, 0.717) is 49.2 Å². The molecule has 10 heteroatoms. The zero-order chi connectivity index (χ0) is 25.8. The molecule has 5 rings (SSSR count). The number of aliphatic imine (C=N–C) groups is 1. The number of anilines is 1. The molecular formula is C27H30N8O2. The number of nitrogens with two attached hydrogens (primary N) is 1. The Labute approximate surface area is 215 Å². The van der Waals surface area contributed by atoms with Gasteiger partial charge in [-0.3, -0.25) is 9.98 Å². The van der Waals surface area contributed by atoms with Crippen LogP contribution >= 0.6 is 0 Å². The average Bonchev–Trinajstić information content (AvgIpc) is 3.34. The molecule has 1 saturated heterocycles. The quantitative estimate of drug-likeness (QED) is 0.372. The second-order valence-electron chi connectivity index (χ2n) is 8.67. The lowest BCUT2D eigenvalue weighted by molar-refractivity contribution is 0.0724. The zero-order valence-corrected chi connectivity index (χ0v) is 20.9. The predicted octanol–water partition coefficient (Wildman–Crippen LogP) is 2.77. The van der Waals surface area contributed by atoms with Crippen LogP contribution in [0.1, 0.15) is 12.5 Å². The van der Waals surface area contributed by atoms with Crippen molar-refractivity contribution in [1.82, 2.24) is 24.5 Å². The number of allylic oxidation sites excluding steroid dienone is 1. The molecule has 0 amide bonds. The number of imidazole rings is 1. The molecular weight excluding hydrogens is 468 g/mol. The molecule has 1 aliphatic heterocycles. The van der Waals surface area contributed by atoms with Crippen LogP contribution in [0, 0.1) is 0 Å². The van der Waals surface area contributed by atoms with Crippen LogP contribution in [-0.2, 0) is 11.3 Å². The second-order valence-corrected chi connectivity index (χ2v) is 8.67. The number of pyridine rings is 1. The smallest absolute Gasteiger partial charge is 0.166 e. The second kappa shape index (κ2) is 10.9. The largest absolute Gasteiger partial charge is 0.398 e. The van der Waals surface area contributed by atoms with Gasteiger partial charge in [-0.05, 0) is 36.8 Å². The van der Waals surface area contributed by atoms with Gasteiger partial charge < -0.3 is 25.0 Å². The maximum absolute atomic E-state index is 10.1. The summed E-state index contributed by atoms with van der Waals surface area (Å²) in [7, 11) is 1.70. The maximum atomic E-state index is 10.1. The van der Waals surface area contributed by atoms with Gasteiger partial charge in [0.15, 0.2) is 22.8 Å². The van der Waals surface area contributed by atoms with E-state index in [1.807, 2.05) is 36.4 Å². The van der Waals surface area contributed by atoms with Gasteiger partial charge in [0.1, 0.15) is 5.82 Å². The number of aliphatic hydroxyl groups excluding tert-OH is 1. The van der Waals surface area contributed by atoms with Crippen molar-refractivity contribution >= 4 is 28.9 Å². The fraction of sp³-hybridized carbons (Fsp3) is 0.296. The molecule has 3 aromatic heterocycles. The summed E-state index contributed by atoms with van der Waals surface area (Å²) >= 11 is 0. The SMILES string of the molecule is CCn1c(-c2ccncc2)nc2c(N3CCOCC3CO)nc(-c3cccc(C(N)=CC=NC)c3)nc21. The van der Waals surface area contributed by atoms with Crippen LogP contribution in [0.4, 0.5) is 5.82 Å². The summed E-state index contributed by atoms with van der Waals surface area (Å²) in [5.74, 6) is 2.03. The Hall–Kier alpha value is -4.15. The molecule has 0 spiro atoms. The van der Waals surface area contributed by atoms with E-state index in [2.05, 4.69) is 26.4 Å². The number of aromatic nitrogens is 5. The van der Waals surface area contributed by atoms with Crippen molar-refractivity contribution < 1.29 is 9.84 Å². The summed E-state index contributed by atoms with van der Waals surface area (Å²) in [5, 5.41) is 10.1. The van der Waals surface area contributed by atoms with Crippen LogP contribution in [0.15, 0.2) is 59.9 Å². The Morgan fingerprint density at radius 1 is 1.19 bits per heavy atom. The van der Waals surface area contributed by atoms with Gasteiger partial charge in [-0.1, -0.05) is 18.2 Å². The number of ether oxygens (including phenoxy) is 1. The third kappa shape index (κ3) is 4.81. The molecule has 4 aromatic rings. The molecule has 0 radical (unpaired) electrons. The van der Waals surface area contributed by atoms with Crippen molar-refractivity contribution in [3.63, 3.8) is 0 Å². The molecule has 3 N–H and O–H groups in total. The number of rotatable bonds is 7. The molecule has 1 aromatic carbocycles. The van der Waals surface area contributed by atoms with Gasteiger partial charge >= 0.3 is 0 Å². The Morgan fingerprint density at radius 2 is 2.03 bits per heavy atom. The van der Waals surface area contributed by atoms with E-state index >= 15 is 0 Å². The number of aliphatic hydroxyl groups is 1. The third-order valence-electron chi connectivity index (χ3n) is 6.40. The minimum Gasteiger partial charge on any atom is -0.398 e. The summed E-state index contributed by atoms with van der Waals surface area (Å²) in [6.45, 7) is 4.23. The fourth-order valence-electron chi connectivity index (χ4n) is 4.51. The molecule has 37 heavy (non-hydrogen) atoms. The normalized spacial score (nSPS) is 16.7. The minimum absolute atomic E-state index is 0.0533. The summed E-state index contributed by atoms with van der Waals surface area (Å²) in [6, 6.07) is 11.5. The molecule has 1 aliphatic rings. The molecule has 1 unspecified atom stereocenters. The summed E-state index contributed by atoms with van der Waals surface area (Å²) in [5.41, 5.74) is 10.9. The standard InChI is InChI=1S/C27H30N8O2/c1-3-34-25(18-7-11-30-12-8-18)31-23-26(34)32-24(33-27(23)35-13-14-37-17-21(35)16-36)20-6-4-5-19(15-20)22(28)9-10-29-2/h4-12,15,21,36H,3,13-14,16-17,28H2,1-2H3. The lowest BCUT2D eigenvalue weighted by Crippen LogP contribution is -2.48. The number of nitrogens with zero attached hydrogens (tertiary/aromatic N) is 7. The van der Waals surface area contributed by atoms with Crippen molar-refractivity contribution in [2.75, 3.05) is 38.3 Å². The molecule has 0 aliphatic carbocycles. The number of fused-ring (bicyclic) bond motifs is 1. The number of benzene rings is 1. The first kappa shape index (κ1) is 24.5. The van der Waals surface area contributed by atoms with Gasteiger partial charge in [0.25, 0.3) is 0 Å². The van der Waals surface area contributed by atoms with E-state index in [1.165, 1.54) is 0 Å². The number of hydrogen-bond donors (Lipinski definition) is 2. The number of morpholine rings is 1.